The molecule has 26 heavy (non-hydrogen) atoms. The van der Waals surface area contributed by atoms with Gasteiger partial charge in [-0.2, -0.15) is 0 Å². The molecule has 0 saturated heterocycles. The third-order valence-electron chi connectivity index (χ3n) is 4.51. The summed E-state index contributed by atoms with van der Waals surface area (Å²) in [5, 5.41) is 5.74. The lowest BCUT2D eigenvalue weighted by Gasteiger charge is -2.24. The first-order valence-electron chi connectivity index (χ1n) is 8.51. The zero-order valence-electron chi connectivity index (χ0n) is 14.9. The number of hydrogen-bond donors (Lipinski definition) is 2. The number of benzene rings is 2. The van der Waals surface area contributed by atoms with Crippen molar-refractivity contribution in [3.63, 3.8) is 0 Å². The van der Waals surface area contributed by atoms with Gasteiger partial charge < -0.3 is 20.1 Å². The Hall–Kier alpha value is -3.02. The van der Waals surface area contributed by atoms with Gasteiger partial charge in [0, 0.05) is 24.1 Å². The van der Waals surface area contributed by atoms with E-state index in [9.17, 15) is 9.59 Å². The van der Waals surface area contributed by atoms with Gasteiger partial charge in [0.1, 0.15) is 11.5 Å². The fourth-order valence-electron chi connectivity index (χ4n) is 3.07. The van der Waals surface area contributed by atoms with Crippen molar-refractivity contribution in [2.24, 2.45) is 5.92 Å². The number of nitrogens with one attached hydrogen (secondary N) is 2. The average Bonchev–Trinajstić information content (AvgIpc) is 2.66. The van der Waals surface area contributed by atoms with Crippen LogP contribution >= 0.6 is 0 Å². The summed E-state index contributed by atoms with van der Waals surface area (Å²) < 4.78 is 10.4. The van der Waals surface area contributed by atoms with Crippen LogP contribution in [0.15, 0.2) is 42.5 Å². The minimum absolute atomic E-state index is 0.0291. The van der Waals surface area contributed by atoms with Crippen LogP contribution in [0.4, 0.5) is 11.4 Å². The van der Waals surface area contributed by atoms with Crippen LogP contribution in [0.3, 0.4) is 0 Å². The van der Waals surface area contributed by atoms with Crippen LogP contribution in [0.2, 0.25) is 0 Å². The Labute approximate surface area is 152 Å². The SMILES string of the molecule is COc1ccc(NC(=O)CCC2Cc3ccccc3NC2=O)c(OC)c1. The number of carbonyl (C=O) groups is 2. The molecule has 2 N–H and O–H groups in total. The van der Waals surface area contributed by atoms with E-state index in [-0.39, 0.29) is 24.2 Å². The lowest BCUT2D eigenvalue weighted by Crippen LogP contribution is -2.30. The minimum atomic E-state index is -0.201. The Morgan fingerprint density at radius 3 is 2.77 bits per heavy atom. The fraction of sp³-hybridized carbons (Fsp3) is 0.300. The summed E-state index contributed by atoms with van der Waals surface area (Å²) >= 11 is 0. The number of carbonyl (C=O) groups excluding carboxylic acids is 2. The van der Waals surface area contributed by atoms with Gasteiger partial charge in [0.05, 0.1) is 19.9 Å². The van der Waals surface area contributed by atoms with Crippen molar-refractivity contribution in [1.82, 2.24) is 0 Å². The van der Waals surface area contributed by atoms with E-state index in [1.165, 1.54) is 7.11 Å². The van der Waals surface area contributed by atoms with Gasteiger partial charge >= 0.3 is 0 Å². The molecule has 0 radical (unpaired) electrons. The molecular weight excluding hydrogens is 332 g/mol. The normalized spacial score (nSPS) is 15.6. The molecule has 2 amide bonds. The van der Waals surface area contributed by atoms with E-state index in [2.05, 4.69) is 10.6 Å². The van der Waals surface area contributed by atoms with E-state index in [0.29, 0.717) is 30.0 Å². The Morgan fingerprint density at radius 2 is 2.00 bits per heavy atom. The summed E-state index contributed by atoms with van der Waals surface area (Å²) in [6.07, 6.45) is 1.40. The molecule has 136 valence electrons. The van der Waals surface area contributed by atoms with E-state index in [1.54, 1.807) is 25.3 Å². The van der Waals surface area contributed by atoms with Gasteiger partial charge in [-0.15, -0.1) is 0 Å². The van der Waals surface area contributed by atoms with Crippen LogP contribution in [-0.2, 0) is 16.0 Å². The van der Waals surface area contributed by atoms with Crippen molar-refractivity contribution >= 4 is 23.2 Å². The second-order valence-electron chi connectivity index (χ2n) is 6.20. The van der Waals surface area contributed by atoms with Crippen LogP contribution in [0.25, 0.3) is 0 Å². The topological polar surface area (TPSA) is 76.7 Å². The highest BCUT2D eigenvalue weighted by Gasteiger charge is 2.26. The number of hydrogen-bond acceptors (Lipinski definition) is 4. The van der Waals surface area contributed by atoms with Gasteiger partial charge in [-0.1, -0.05) is 18.2 Å². The summed E-state index contributed by atoms with van der Waals surface area (Å²) in [4.78, 5) is 24.5. The molecule has 2 aromatic carbocycles. The standard InChI is InChI=1S/C20H22N2O4/c1-25-15-8-9-17(18(12-15)26-2)21-19(23)10-7-14-11-13-5-3-4-6-16(13)22-20(14)24/h3-6,8-9,12,14H,7,10-11H2,1-2H3,(H,21,23)(H,22,24). The fourth-order valence-corrected chi connectivity index (χ4v) is 3.07. The number of methoxy groups -OCH3 is 2. The smallest absolute Gasteiger partial charge is 0.227 e. The van der Waals surface area contributed by atoms with E-state index >= 15 is 0 Å². The third-order valence-corrected chi connectivity index (χ3v) is 4.51. The number of anilines is 2. The van der Waals surface area contributed by atoms with Crippen LogP contribution in [-0.4, -0.2) is 26.0 Å². The molecule has 0 aromatic heterocycles. The zero-order chi connectivity index (χ0) is 18.5. The van der Waals surface area contributed by atoms with Crippen LogP contribution in [0.1, 0.15) is 18.4 Å². The average molecular weight is 354 g/mol. The number of fused-ring (bicyclic) bond motifs is 1. The minimum Gasteiger partial charge on any atom is -0.497 e. The highest BCUT2D eigenvalue weighted by molar-refractivity contribution is 5.97. The Bertz CT molecular complexity index is 819. The molecule has 0 fully saturated rings. The molecule has 3 rings (SSSR count). The maximum absolute atomic E-state index is 12.3. The molecule has 1 heterocycles. The Balaban J connectivity index is 1.59. The van der Waals surface area contributed by atoms with Crippen molar-refractivity contribution in [3.8, 4) is 11.5 Å². The summed E-state index contributed by atoms with van der Waals surface area (Å²) in [5.41, 5.74) is 2.55. The maximum atomic E-state index is 12.3. The molecule has 6 heteroatoms. The highest BCUT2D eigenvalue weighted by atomic mass is 16.5. The zero-order valence-corrected chi connectivity index (χ0v) is 14.9. The number of para-hydroxylation sites is 1. The quantitative estimate of drug-likeness (QED) is 0.835. The molecule has 0 aliphatic carbocycles. The third kappa shape index (κ3) is 3.96. The van der Waals surface area contributed by atoms with E-state index in [0.717, 1.165) is 11.3 Å². The van der Waals surface area contributed by atoms with Crippen LogP contribution < -0.4 is 20.1 Å². The van der Waals surface area contributed by atoms with Crippen molar-refractivity contribution in [3.05, 3.63) is 48.0 Å². The summed E-state index contributed by atoms with van der Waals surface area (Å²) in [7, 11) is 3.11. The molecule has 0 spiro atoms. The van der Waals surface area contributed by atoms with Gasteiger partial charge in [-0.25, -0.2) is 0 Å². The van der Waals surface area contributed by atoms with E-state index in [1.807, 2.05) is 24.3 Å². The van der Waals surface area contributed by atoms with Gasteiger partial charge in [0.2, 0.25) is 11.8 Å². The first kappa shape index (κ1) is 17.8. The molecule has 2 aromatic rings. The van der Waals surface area contributed by atoms with Gasteiger partial charge in [-0.05, 0) is 36.6 Å². The van der Waals surface area contributed by atoms with Gasteiger partial charge in [-0.3, -0.25) is 9.59 Å². The van der Waals surface area contributed by atoms with E-state index in [4.69, 9.17) is 9.47 Å². The first-order valence-corrected chi connectivity index (χ1v) is 8.51. The molecular formula is C20H22N2O4. The number of rotatable bonds is 6. The summed E-state index contributed by atoms with van der Waals surface area (Å²) in [5.74, 6) is 0.798. The van der Waals surface area contributed by atoms with Crippen molar-refractivity contribution in [2.45, 2.75) is 19.3 Å². The Morgan fingerprint density at radius 1 is 1.19 bits per heavy atom. The molecule has 0 saturated carbocycles. The molecule has 0 bridgehead atoms. The van der Waals surface area contributed by atoms with E-state index < -0.39 is 0 Å². The van der Waals surface area contributed by atoms with Crippen molar-refractivity contribution in [1.29, 1.82) is 0 Å². The van der Waals surface area contributed by atoms with Crippen molar-refractivity contribution < 1.29 is 19.1 Å². The maximum Gasteiger partial charge on any atom is 0.227 e. The molecule has 1 unspecified atom stereocenters. The molecule has 1 aliphatic heterocycles. The predicted molar refractivity (Wildman–Crippen MR) is 99.7 cm³/mol. The second kappa shape index (κ2) is 7.91. The second-order valence-corrected chi connectivity index (χ2v) is 6.20. The molecule has 1 atom stereocenters. The lowest BCUT2D eigenvalue weighted by molar-refractivity contribution is -0.121. The monoisotopic (exact) mass is 354 g/mol. The molecule has 1 aliphatic rings. The summed E-state index contributed by atoms with van der Waals surface area (Å²) in [6.45, 7) is 0. The summed E-state index contributed by atoms with van der Waals surface area (Å²) in [6, 6.07) is 12.9. The lowest BCUT2D eigenvalue weighted by atomic mass is 9.89. The Kier molecular flexibility index (Phi) is 5.41. The number of amides is 2. The van der Waals surface area contributed by atoms with Gasteiger partial charge in [0.15, 0.2) is 0 Å². The predicted octanol–water partition coefficient (Wildman–Crippen LogP) is 3.23. The van der Waals surface area contributed by atoms with Crippen molar-refractivity contribution in [2.75, 3.05) is 24.9 Å². The largest absolute Gasteiger partial charge is 0.497 e. The highest BCUT2D eigenvalue weighted by Crippen LogP contribution is 2.30. The first-order chi connectivity index (χ1) is 12.6. The van der Waals surface area contributed by atoms with Gasteiger partial charge in [0.25, 0.3) is 0 Å². The molecule has 6 nitrogen and oxygen atoms in total. The van der Waals surface area contributed by atoms with Crippen LogP contribution in [0, 0.1) is 5.92 Å². The number of ether oxygens (including phenoxy) is 2. The van der Waals surface area contributed by atoms with Crippen LogP contribution in [0.5, 0.6) is 11.5 Å².